The third-order valence-corrected chi connectivity index (χ3v) is 6.08. The number of carbonyl (C=O) groups is 1. The molecule has 0 amide bonds. The highest BCUT2D eigenvalue weighted by Crippen LogP contribution is 2.33. The first-order valence-corrected chi connectivity index (χ1v) is 10.6. The predicted octanol–water partition coefficient (Wildman–Crippen LogP) is 2.44. The quantitative estimate of drug-likeness (QED) is 0.298. The lowest BCUT2D eigenvalue weighted by Gasteiger charge is -2.12. The van der Waals surface area contributed by atoms with Gasteiger partial charge in [-0.2, -0.15) is 0 Å². The first-order valence-electron chi connectivity index (χ1n) is 9.16. The summed E-state index contributed by atoms with van der Waals surface area (Å²) in [5, 5.41) is 6.65. The Morgan fingerprint density at radius 1 is 0.879 bits per heavy atom. The van der Waals surface area contributed by atoms with Gasteiger partial charge in [-0.3, -0.25) is 4.79 Å². The fourth-order valence-corrected chi connectivity index (χ4v) is 4.36. The summed E-state index contributed by atoms with van der Waals surface area (Å²) < 4.78 is 41.1. The van der Waals surface area contributed by atoms with Crippen LogP contribution in [-0.4, -0.2) is 39.9 Å². The Hall–Kier alpha value is -4.45. The number of carboxylic acid groups (broad SMARTS) is 1. The molecule has 0 saturated heterocycles. The minimum absolute atomic E-state index is 0.0222. The predicted molar refractivity (Wildman–Crippen MR) is 118 cm³/mol. The highest BCUT2D eigenvalue weighted by molar-refractivity contribution is 7.91. The van der Waals surface area contributed by atoms with E-state index in [1.54, 1.807) is 24.3 Å². The molecule has 0 aliphatic carbocycles. The highest BCUT2D eigenvalue weighted by atomic mass is 32.2. The van der Waals surface area contributed by atoms with Gasteiger partial charge in [0.15, 0.2) is 5.03 Å². The van der Waals surface area contributed by atoms with Crippen LogP contribution in [0.3, 0.4) is 0 Å². The Balaban J connectivity index is 0.000000968. The molecule has 168 valence electrons. The fourth-order valence-electron chi connectivity index (χ4n) is 2.95. The summed E-state index contributed by atoms with van der Waals surface area (Å²) in [4.78, 5) is 23.6. The molecule has 4 rings (SSSR count). The van der Waals surface area contributed by atoms with Crippen LogP contribution in [0.15, 0.2) is 77.0 Å². The Morgan fingerprint density at radius 3 is 2.18 bits per heavy atom. The van der Waals surface area contributed by atoms with Crippen LogP contribution in [0.5, 0.6) is 0 Å². The molecule has 2 aromatic heterocycles. The van der Waals surface area contributed by atoms with Crippen molar-refractivity contribution in [2.24, 2.45) is 0 Å². The van der Waals surface area contributed by atoms with Crippen molar-refractivity contribution in [2.75, 3.05) is 11.5 Å². The molecule has 0 unspecified atom stereocenters. The summed E-state index contributed by atoms with van der Waals surface area (Å²) in [5.74, 6) is -0.630. The number of hydrogen-bond donors (Lipinski definition) is 3. The number of sulfone groups is 1. The van der Waals surface area contributed by atoms with Crippen LogP contribution in [0, 0.1) is 5.82 Å². The standard InChI is InChI=1S/C20H15FN6O2S.CH2O2/c21-16-9-12(5-6-14(16)13-10-25-19(22)26-11-13)15-3-1-2-4-17(15)30(28,29)18-7-8-24-20(23)27-18;2-1-3/h1-11H,(H2,22,25,26)(H2,23,24,27);1H,(H,2,3). The summed E-state index contributed by atoms with van der Waals surface area (Å²) in [6.45, 7) is -0.250. The van der Waals surface area contributed by atoms with Crippen molar-refractivity contribution >= 4 is 28.2 Å². The van der Waals surface area contributed by atoms with E-state index < -0.39 is 15.7 Å². The van der Waals surface area contributed by atoms with Crippen molar-refractivity contribution in [1.82, 2.24) is 19.9 Å². The number of rotatable bonds is 4. The molecule has 0 saturated carbocycles. The van der Waals surface area contributed by atoms with Crippen LogP contribution in [-0.2, 0) is 14.6 Å². The molecular formula is C21H17FN6O4S. The fraction of sp³-hybridized carbons (Fsp3) is 0. The summed E-state index contributed by atoms with van der Waals surface area (Å²) in [5.41, 5.74) is 12.4. The molecule has 2 aromatic carbocycles. The highest BCUT2D eigenvalue weighted by Gasteiger charge is 2.24. The second kappa shape index (κ2) is 9.78. The lowest BCUT2D eigenvalue weighted by molar-refractivity contribution is -0.122. The number of nitrogen functional groups attached to an aromatic ring is 2. The largest absolute Gasteiger partial charge is 0.483 e. The lowest BCUT2D eigenvalue weighted by Crippen LogP contribution is -2.08. The second-order valence-electron chi connectivity index (χ2n) is 6.38. The van der Waals surface area contributed by atoms with E-state index in [4.69, 9.17) is 21.4 Å². The molecule has 4 aromatic rings. The van der Waals surface area contributed by atoms with E-state index in [2.05, 4.69) is 19.9 Å². The molecule has 2 heterocycles. The van der Waals surface area contributed by atoms with Crippen molar-refractivity contribution in [1.29, 1.82) is 0 Å². The smallest absolute Gasteiger partial charge is 0.290 e. The molecular weight excluding hydrogens is 451 g/mol. The Kier molecular flexibility index (Phi) is 6.88. The zero-order chi connectivity index (χ0) is 24.0. The summed E-state index contributed by atoms with van der Waals surface area (Å²) >= 11 is 0. The number of hydrogen-bond acceptors (Lipinski definition) is 9. The maximum atomic E-state index is 14.9. The number of benzene rings is 2. The van der Waals surface area contributed by atoms with E-state index in [9.17, 15) is 12.8 Å². The van der Waals surface area contributed by atoms with Gasteiger partial charge in [0.2, 0.25) is 21.7 Å². The molecule has 10 nitrogen and oxygen atoms in total. The van der Waals surface area contributed by atoms with Gasteiger partial charge in [-0.25, -0.2) is 32.7 Å². The third kappa shape index (κ3) is 5.07. The van der Waals surface area contributed by atoms with Crippen molar-refractivity contribution < 1.29 is 22.7 Å². The van der Waals surface area contributed by atoms with Crippen LogP contribution in [0.4, 0.5) is 16.3 Å². The van der Waals surface area contributed by atoms with Crippen molar-refractivity contribution in [3.05, 3.63) is 72.9 Å². The van der Waals surface area contributed by atoms with Crippen molar-refractivity contribution in [2.45, 2.75) is 9.92 Å². The minimum Gasteiger partial charge on any atom is -0.483 e. The van der Waals surface area contributed by atoms with Crippen LogP contribution < -0.4 is 11.5 Å². The van der Waals surface area contributed by atoms with Crippen molar-refractivity contribution in [3.63, 3.8) is 0 Å². The van der Waals surface area contributed by atoms with Gasteiger partial charge in [-0.15, -0.1) is 0 Å². The zero-order valence-corrected chi connectivity index (χ0v) is 17.6. The van der Waals surface area contributed by atoms with Gasteiger partial charge >= 0.3 is 0 Å². The molecule has 0 aliphatic rings. The van der Waals surface area contributed by atoms with Gasteiger partial charge in [-0.05, 0) is 23.8 Å². The molecule has 0 bridgehead atoms. The van der Waals surface area contributed by atoms with E-state index >= 15 is 0 Å². The van der Waals surface area contributed by atoms with Gasteiger partial charge in [0.1, 0.15) is 5.82 Å². The van der Waals surface area contributed by atoms with E-state index in [1.807, 2.05) is 0 Å². The summed E-state index contributed by atoms with van der Waals surface area (Å²) in [7, 11) is -4.01. The zero-order valence-electron chi connectivity index (χ0n) is 16.8. The normalized spacial score (nSPS) is 10.7. The molecule has 0 aliphatic heterocycles. The second-order valence-corrected chi connectivity index (χ2v) is 8.25. The molecule has 0 radical (unpaired) electrons. The maximum absolute atomic E-state index is 14.9. The van der Waals surface area contributed by atoms with Gasteiger partial charge in [0.25, 0.3) is 6.47 Å². The number of aromatic nitrogens is 4. The third-order valence-electron chi connectivity index (χ3n) is 4.36. The first kappa shape index (κ1) is 23.2. The van der Waals surface area contributed by atoms with E-state index in [0.717, 1.165) is 0 Å². The van der Waals surface area contributed by atoms with E-state index in [1.165, 1.54) is 42.9 Å². The van der Waals surface area contributed by atoms with Gasteiger partial charge in [0.05, 0.1) is 4.90 Å². The maximum Gasteiger partial charge on any atom is 0.290 e. The molecule has 5 N–H and O–H groups in total. The van der Waals surface area contributed by atoms with Crippen molar-refractivity contribution in [3.8, 4) is 22.3 Å². The summed E-state index contributed by atoms with van der Waals surface area (Å²) in [6.07, 6.45) is 4.09. The topological polar surface area (TPSA) is 175 Å². The summed E-state index contributed by atoms with van der Waals surface area (Å²) in [6, 6.07) is 11.9. The number of nitrogens with two attached hydrogens (primary N) is 2. The Labute approximate surface area is 187 Å². The first-order chi connectivity index (χ1) is 15.8. The van der Waals surface area contributed by atoms with Gasteiger partial charge in [-0.1, -0.05) is 30.3 Å². The van der Waals surface area contributed by atoms with Gasteiger partial charge in [0, 0.05) is 35.3 Å². The number of anilines is 2. The average Bonchev–Trinajstić information content (AvgIpc) is 2.80. The Morgan fingerprint density at radius 2 is 1.55 bits per heavy atom. The number of nitrogens with zero attached hydrogens (tertiary/aromatic N) is 4. The van der Waals surface area contributed by atoms with Crippen LogP contribution in [0.1, 0.15) is 0 Å². The molecule has 12 heteroatoms. The molecule has 0 fully saturated rings. The van der Waals surface area contributed by atoms with Gasteiger partial charge < -0.3 is 16.6 Å². The molecule has 0 spiro atoms. The monoisotopic (exact) mass is 468 g/mol. The van der Waals surface area contributed by atoms with Crippen LogP contribution in [0.2, 0.25) is 0 Å². The average molecular weight is 468 g/mol. The van der Waals surface area contributed by atoms with E-state index in [-0.39, 0.29) is 33.9 Å². The minimum atomic E-state index is -4.01. The molecule has 0 atom stereocenters. The van der Waals surface area contributed by atoms with Crippen LogP contribution in [0.25, 0.3) is 22.3 Å². The SMILES string of the molecule is Nc1ncc(-c2ccc(-c3ccccc3S(=O)(=O)c3ccnc(N)n3)cc2F)cn1.O=CO. The van der Waals surface area contributed by atoms with E-state index in [0.29, 0.717) is 16.7 Å². The Bertz CT molecular complexity index is 1400. The number of halogens is 1. The van der Waals surface area contributed by atoms with Crippen LogP contribution >= 0.6 is 0 Å². The lowest BCUT2D eigenvalue weighted by atomic mass is 10.0. The molecule has 33 heavy (non-hydrogen) atoms.